The maximum absolute atomic E-state index is 11.2. The van der Waals surface area contributed by atoms with Crippen LogP contribution < -0.4 is 9.47 Å². The monoisotopic (exact) mass is 284 g/mol. The van der Waals surface area contributed by atoms with Crippen molar-refractivity contribution < 1.29 is 19.0 Å². The van der Waals surface area contributed by atoms with E-state index in [4.69, 9.17) is 9.47 Å². The van der Waals surface area contributed by atoms with E-state index in [2.05, 4.69) is 4.74 Å². The molecule has 1 atom stereocenters. The molecular formula is C14H20O4S. The smallest absolute Gasteiger partial charge is 0.309 e. The van der Waals surface area contributed by atoms with E-state index in [1.54, 1.807) is 18.9 Å². The van der Waals surface area contributed by atoms with Crippen molar-refractivity contribution in [1.82, 2.24) is 0 Å². The number of esters is 1. The molecule has 1 rings (SSSR count). The van der Waals surface area contributed by atoms with E-state index >= 15 is 0 Å². The average molecular weight is 284 g/mol. The van der Waals surface area contributed by atoms with E-state index in [-0.39, 0.29) is 11.9 Å². The number of carbonyl (C=O) groups is 1. The van der Waals surface area contributed by atoms with Crippen LogP contribution in [0.5, 0.6) is 11.5 Å². The molecule has 0 fully saturated rings. The standard InChI is InChI=1S/C14H20O4S/c1-11(14(15)17-3)10-19-9-8-18-13-7-5-4-6-12(13)16-2/h4-7,11H,8-10H2,1-3H3. The molecule has 0 N–H and O–H groups in total. The van der Waals surface area contributed by atoms with Crippen LogP contribution in [0.25, 0.3) is 0 Å². The number of hydrogen-bond acceptors (Lipinski definition) is 5. The SMILES string of the molecule is COC(=O)C(C)CSCCOc1ccccc1OC. The average Bonchev–Trinajstić information content (AvgIpc) is 2.46. The van der Waals surface area contributed by atoms with Gasteiger partial charge in [0.1, 0.15) is 0 Å². The van der Waals surface area contributed by atoms with Crippen LogP contribution in [0.4, 0.5) is 0 Å². The number of ether oxygens (including phenoxy) is 3. The minimum Gasteiger partial charge on any atom is -0.493 e. The number of methoxy groups -OCH3 is 2. The third-order valence-electron chi connectivity index (χ3n) is 2.53. The van der Waals surface area contributed by atoms with Crippen LogP contribution in [-0.4, -0.2) is 38.3 Å². The van der Waals surface area contributed by atoms with Crippen LogP contribution in [-0.2, 0) is 9.53 Å². The zero-order valence-electron chi connectivity index (χ0n) is 11.5. The van der Waals surface area contributed by atoms with Crippen molar-refractivity contribution >= 4 is 17.7 Å². The number of rotatable bonds is 8. The second kappa shape index (κ2) is 8.69. The minimum atomic E-state index is -0.168. The van der Waals surface area contributed by atoms with E-state index in [9.17, 15) is 4.79 Å². The molecule has 1 aromatic carbocycles. The Labute approximate surface area is 118 Å². The second-order valence-electron chi connectivity index (χ2n) is 4.00. The van der Waals surface area contributed by atoms with Gasteiger partial charge in [0.05, 0.1) is 26.7 Å². The van der Waals surface area contributed by atoms with Crippen molar-refractivity contribution in [1.29, 1.82) is 0 Å². The Balaban J connectivity index is 2.22. The summed E-state index contributed by atoms with van der Waals surface area (Å²) in [6, 6.07) is 7.55. The van der Waals surface area contributed by atoms with Crippen LogP contribution in [0.1, 0.15) is 6.92 Å². The van der Waals surface area contributed by atoms with Crippen molar-refractivity contribution in [3.05, 3.63) is 24.3 Å². The van der Waals surface area contributed by atoms with E-state index < -0.39 is 0 Å². The molecule has 0 aliphatic carbocycles. The summed E-state index contributed by atoms with van der Waals surface area (Å²) < 4.78 is 15.5. The molecule has 0 bridgehead atoms. The van der Waals surface area contributed by atoms with Gasteiger partial charge in [0, 0.05) is 11.5 Å². The van der Waals surface area contributed by atoms with Crippen molar-refractivity contribution in [2.45, 2.75) is 6.92 Å². The Morgan fingerprint density at radius 2 is 1.95 bits per heavy atom. The Kier molecular flexibility index (Phi) is 7.18. The zero-order chi connectivity index (χ0) is 14.1. The van der Waals surface area contributed by atoms with Gasteiger partial charge in [-0.15, -0.1) is 0 Å². The van der Waals surface area contributed by atoms with Crippen molar-refractivity contribution in [3.8, 4) is 11.5 Å². The first kappa shape index (κ1) is 15.7. The quantitative estimate of drug-likeness (QED) is 0.542. The summed E-state index contributed by atoms with van der Waals surface area (Å²) in [6.07, 6.45) is 0. The normalized spacial score (nSPS) is 11.7. The molecule has 0 saturated heterocycles. The Morgan fingerprint density at radius 1 is 1.26 bits per heavy atom. The van der Waals surface area contributed by atoms with E-state index in [1.807, 2.05) is 31.2 Å². The van der Waals surface area contributed by atoms with E-state index in [0.717, 1.165) is 23.0 Å². The Hall–Kier alpha value is -1.36. The fourth-order valence-electron chi connectivity index (χ4n) is 1.48. The fraction of sp³-hybridized carbons (Fsp3) is 0.500. The summed E-state index contributed by atoms with van der Waals surface area (Å²) in [5, 5.41) is 0. The molecule has 0 aromatic heterocycles. The summed E-state index contributed by atoms with van der Waals surface area (Å²) in [4.78, 5) is 11.2. The highest BCUT2D eigenvalue weighted by Gasteiger charge is 2.12. The maximum Gasteiger partial charge on any atom is 0.309 e. The van der Waals surface area contributed by atoms with Gasteiger partial charge in [-0.3, -0.25) is 4.79 Å². The predicted octanol–water partition coefficient (Wildman–Crippen LogP) is 2.62. The molecule has 0 spiro atoms. The summed E-state index contributed by atoms with van der Waals surface area (Å²) in [5.74, 6) is 2.78. The number of hydrogen-bond donors (Lipinski definition) is 0. The summed E-state index contributed by atoms with van der Waals surface area (Å²) in [7, 11) is 3.03. The molecule has 1 unspecified atom stereocenters. The number of carbonyl (C=O) groups excluding carboxylic acids is 1. The van der Waals surface area contributed by atoms with Crippen molar-refractivity contribution in [2.75, 3.05) is 32.3 Å². The first-order valence-corrected chi connectivity index (χ1v) is 7.26. The highest BCUT2D eigenvalue weighted by atomic mass is 32.2. The summed E-state index contributed by atoms with van der Waals surface area (Å²) in [6.45, 7) is 2.44. The number of thioether (sulfide) groups is 1. The number of benzene rings is 1. The van der Waals surface area contributed by atoms with Gasteiger partial charge in [-0.2, -0.15) is 11.8 Å². The van der Waals surface area contributed by atoms with Gasteiger partial charge in [-0.1, -0.05) is 19.1 Å². The fourth-order valence-corrected chi connectivity index (χ4v) is 2.34. The van der Waals surface area contributed by atoms with Crippen LogP contribution >= 0.6 is 11.8 Å². The van der Waals surface area contributed by atoms with Gasteiger partial charge in [-0.05, 0) is 12.1 Å². The van der Waals surface area contributed by atoms with Crippen LogP contribution in [0.3, 0.4) is 0 Å². The van der Waals surface area contributed by atoms with Crippen LogP contribution in [0.2, 0.25) is 0 Å². The molecule has 5 heteroatoms. The van der Waals surface area contributed by atoms with Gasteiger partial charge in [0.2, 0.25) is 0 Å². The highest BCUT2D eigenvalue weighted by Crippen LogP contribution is 2.25. The molecule has 0 heterocycles. The van der Waals surface area contributed by atoms with Gasteiger partial charge in [0.25, 0.3) is 0 Å². The molecule has 0 amide bonds. The van der Waals surface area contributed by atoms with Crippen molar-refractivity contribution in [3.63, 3.8) is 0 Å². The molecular weight excluding hydrogens is 264 g/mol. The molecule has 106 valence electrons. The largest absolute Gasteiger partial charge is 0.493 e. The first-order chi connectivity index (χ1) is 9.19. The third kappa shape index (κ3) is 5.42. The first-order valence-electron chi connectivity index (χ1n) is 6.10. The maximum atomic E-state index is 11.2. The third-order valence-corrected chi connectivity index (χ3v) is 3.72. The molecule has 0 aliphatic heterocycles. The van der Waals surface area contributed by atoms with Gasteiger partial charge in [-0.25, -0.2) is 0 Å². The van der Waals surface area contributed by atoms with Gasteiger partial charge >= 0.3 is 5.97 Å². The molecule has 0 aliphatic rings. The van der Waals surface area contributed by atoms with Crippen LogP contribution in [0, 0.1) is 5.92 Å². The molecule has 19 heavy (non-hydrogen) atoms. The van der Waals surface area contributed by atoms with E-state index in [1.165, 1.54) is 7.11 Å². The second-order valence-corrected chi connectivity index (χ2v) is 5.15. The molecule has 4 nitrogen and oxygen atoms in total. The Morgan fingerprint density at radius 3 is 2.58 bits per heavy atom. The Bertz CT molecular complexity index is 395. The van der Waals surface area contributed by atoms with Gasteiger partial charge < -0.3 is 14.2 Å². The minimum absolute atomic E-state index is 0.0822. The number of para-hydroxylation sites is 2. The summed E-state index contributed by atoms with van der Waals surface area (Å²) >= 11 is 1.67. The summed E-state index contributed by atoms with van der Waals surface area (Å²) in [5.41, 5.74) is 0. The zero-order valence-corrected chi connectivity index (χ0v) is 12.4. The lowest BCUT2D eigenvalue weighted by atomic mass is 10.2. The molecule has 1 aromatic rings. The lowest BCUT2D eigenvalue weighted by Crippen LogP contribution is -2.15. The topological polar surface area (TPSA) is 44.8 Å². The highest BCUT2D eigenvalue weighted by molar-refractivity contribution is 7.99. The van der Waals surface area contributed by atoms with Gasteiger partial charge in [0.15, 0.2) is 11.5 Å². The van der Waals surface area contributed by atoms with Crippen LogP contribution in [0.15, 0.2) is 24.3 Å². The predicted molar refractivity (Wildman–Crippen MR) is 77.0 cm³/mol. The molecule has 0 radical (unpaired) electrons. The van der Waals surface area contributed by atoms with Crippen molar-refractivity contribution in [2.24, 2.45) is 5.92 Å². The van der Waals surface area contributed by atoms with E-state index in [0.29, 0.717) is 6.61 Å². The molecule has 0 saturated carbocycles. The lowest BCUT2D eigenvalue weighted by molar-refractivity contribution is -0.143. The lowest BCUT2D eigenvalue weighted by Gasteiger charge is -2.11.